The van der Waals surface area contributed by atoms with Crippen molar-refractivity contribution in [1.29, 1.82) is 0 Å². The van der Waals surface area contributed by atoms with Crippen LogP contribution in [-0.4, -0.2) is 20.1 Å². The average molecular weight is 312 g/mol. The molecular weight excluding hydrogens is 302 g/mol. The van der Waals surface area contributed by atoms with Crippen molar-refractivity contribution in [1.82, 2.24) is 20.5 Å². The maximum absolute atomic E-state index is 10.9. The van der Waals surface area contributed by atoms with Gasteiger partial charge < -0.3 is 5.32 Å². The van der Waals surface area contributed by atoms with Crippen molar-refractivity contribution in [2.24, 2.45) is 0 Å². The Balaban J connectivity index is 2.02. The van der Waals surface area contributed by atoms with Gasteiger partial charge in [0.05, 0.1) is 11.5 Å². The number of aromatic amines is 1. The SMILES string of the molecule is O=[N+]([O-])c1cc(Br)ccc1CNCc1ncn[nH]1. The van der Waals surface area contributed by atoms with E-state index in [1.807, 2.05) is 0 Å². The highest BCUT2D eigenvalue weighted by atomic mass is 79.9. The van der Waals surface area contributed by atoms with Crippen LogP contribution in [0.1, 0.15) is 11.4 Å². The lowest BCUT2D eigenvalue weighted by Gasteiger charge is -2.04. The molecule has 0 saturated heterocycles. The van der Waals surface area contributed by atoms with E-state index in [9.17, 15) is 10.1 Å². The summed E-state index contributed by atoms with van der Waals surface area (Å²) in [5.74, 6) is 0.690. The molecule has 7 nitrogen and oxygen atoms in total. The second kappa shape index (κ2) is 5.69. The third kappa shape index (κ3) is 3.11. The van der Waals surface area contributed by atoms with Crippen LogP contribution in [0, 0.1) is 10.1 Å². The molecule has 0 radical (unpaired) electrons. The van der Waals surface area contributed by atoms with Gasteiger partial charge in [-0.05, 0) is 12.1 Å². The van der Waals surface area contributed by atoms with Crippen molar-refractivity contribution in [3.05, 3.63) is 50.5 Å². The highest BCUT2D eigenvalue weighted by Gasteiger charge is 2.13. The van der Waals surface area contributed by atoms with Crippen molar-refractivity contribution in [2.45, 2.75) is 13.1 Å². The standard InChI is InChI=1S/C10H10BrN5O2/c11-8-2-1-7(9(3-8)16(17)18)4-12-5-10-13-6-14-15-10/h1-3,6,12H,4-5H2,(H,13,14,15). The zero-order valence-electron chi connectivity index (χ0n) is 9.26. The number of benzene rings is 1. The second-order valence-electron chi connectivity index (χ2n) is 3.57. The second-order valence-corrected chi connectivity index (χ2v) is 4.48. The number of H-pyrrole nitrogens is 1. The molecule has 0 aliphatic rings. The molecule has 0 aliphatic heterocycles. The van der Waals surface area contributed by atoms with Gasteiger partial charge in [-0.15, -0.1) is 0 Å². The third-order valence-corrected chi connectivity index (χ3v) is 2.81. The van der Waals surface area contributed by atoms with Gasteiger partial charge in [0.2, 0.25) is 0 Å². The van der Waals surface area contributed by atoms with Crippen LogP contribution in [-0.2, 0) is 13.1 Å². The number of nitro benzene ring substituents is 1. The largest absolute Gasteiger partial charge is 0.305 e. The molecule has 2 N–H and O–H groups in total. The van der Waals surface area contributed by atoms with E-state index in [0.29, 0.717) is 29.0 Å². The fourth-order valence-electron chi connectivity index (χ4n) is 1.49. The van der Waals surface area contributed by atoms with Gasteiger partial charge in [-0.25, -0.2) is 4.98 Å². The molecule has 0 saturated carbocycles. The lowest BCUT2D eigenvalue weighted by atomic mass is 10.2. The van der Waals surface area contributed by atoms with E-state index in [-0.39, 0.29) is 5.69 Å². The van der Waals surface area contributed by atoms with Crippen LogP contribution in [0.5, 0.6) is 0 Å². The predicted molar refractivity (Wildman–Crippen MR) is 67.7 cm³/mol. The molecule has 2 rings (SSSR count). The van der Waals surface area contributed by atoms with Crippen molar-refractivity contribution in [3.63, 3.8) is 0 Å². The number of nitrogens with one attached hydrogen (secondary N) is 2. The van der Waals surface area contributed by atoms with Gasteiger partial charge in [0, 0.05) is 22.6 Å². The van der Waals surface area contributed by atoms with Crippen LogP contribution in [0.3, 0.4) is 0 Å². The van der Waals surface area contributed by atoms with E-state index in [4.69, 9.17) is 0 Å². The van der Waals surface area contributed by atoms with E-state index in [0.717, 1.165) is 0 Å². The van der Waals surface area contributed by atoms with E-state index in [1.54, 1.807) is 12.1 Å². The smallest absolute Gasteiger partial charge is 0.275 e. The molecule has 94 valence electrons. The lowest BCUT2D eigenvalue weighted by molar-refractivity contribution is -0.385. The summed E-state index contributed by atoms with van der Waals surface area (Å²) in [6.07, 6.45) is 1.42. The number of nitrogens with zero attached hydrogens (tertiary/aromatic N) is 3. The number of hydrogen-bond donors (Lipinski definition) is 2. The summed E-state index contributed by atoms with van der Waals surface area (Å²) in [5, 5.41) is 20.4. The number of aromatic nitrogens is 3. The molecule has 0 bridgehead atoms. The molecule has 0 unspecified atom stereocenters. The molecule has 0 spiro atoms. The van der Waals surface area contributed by atoms with E-state index in [1.165, 1.54) is 12.4 Å². The summed E-state index contributed by atoms with van der Waals surface area (Å²) in [6.45, 7) is 0.873. The summed E-state index contributed by atoms with van der Waals surface area (Å²) in [4.78, 5) is 14.5. The Morgan fingerprint density at radius 3 is 2.94 bits per heavy atom. The molecule has 0 amide bonds. The van der Waals surface area contributed by atoms with Crippen molar-refractivity contribution < 1.29 is 4.92 Å². The molecule has 1 aromatic carbocycles. The molecule has 0 atom stereocenters. The summed E-state index contributed by atoms with van der Waals surface area (Å²) < 4.78 is 0.688. The molecule has 1 aromatic heterocycles. The topological polar surface area (TPSA) is 96.7 Å². The first kappa shape index (κ1) is 12.7. The van der Waals surface area contributed by atoms with Crippen LogP contribution in [0.25, 0.3) is 0 Å². The molecule has 8 heteroatoms. The maximum atomic E-state index is 10.9. The first-order valence-electron chi connectivity index (χ1n) is 5.14. The van der Waals surface area contributed by atoms with Gasteiger partial charge >= 0.3 is 0 Å². The number of rotatable bonds is 5. The Morgan fingerprint density at radius 2 is 2.28 bits per heavy atom. The Kier molecular flexibility index (Phi) is 4.00. The highest BCUT2D eigenvalue weighted by molar-refractivity contribution is 9.10. The average Bonchev–Trinajstić information content (AvgIpc) is 2.84. The molecule has 18 heavy (non-hydrogen) atoms. The first-order valence-corrected chi connectivity index (χ1v) is 5.94. The first-order chi connectivity index (χ1) is 8.66. The zero-order valence-corrected chi connectivity index (χ0v) is 10.8. The predicted octanol–water partition coefficient (Wildman–Crippen LogP) is 1.77. The number of hydrogen-bond acceptors (Lipinski definition) is 5. The minimum absolute atomic E-state index is 0.0921. The van der Waals surface area contributed by atoms with Crippen molar-refractivity contribution in [3.8, 4) is 0 Å². The van der Waals surface area contributed by atoms with Gasteiger partial charge in [0.15, 0.2) is 0 Å². The Morgan fingerprint density at radius 1 is 1.44 bits per heavy atom. The molecular formula is C10H10BrN5O2. The normalized spacial score (nSPS) is 10.5. The van der Waals surface area contributed by atoms with Gasteiger partial charge in [-0.1, -0.05) is 15.9 Å². The summed E-state index contributed by atoms with van der Waals surface area (Å²) in [6, 6.07) is 4.99. The van der Waals surface area contributed by atoms with E-state index >= 15 is 0 Å². The minimum atomic E-state index is -0.393. The maximum Gasteiger partial charge on any atom is 0.275 e. The minimum Gasteiger partial charge on any atom is -0.305 e. The summed E-state index contributed by atoms with van der Waals surface area (Å²) in [7, 11) is 0. The summed E-state index contributed by atoms with van der Waals surface area (Å²) in [5.41, 5.74) is 0.720. The zero-order chi connectivity index (χ0) is 13.0. The van der Waals surface area contributed by atoms with Crippen molar-refractivity contribution >= 4 is 21.6 Å². The molecule has 0 fully saturated rings. The van der Waals surface area contributed by atoms with Crippen molar-refractivity contribution in [2.75, 3.05) is 0 Å². The number of halogens is 1. The van der Waals surface area contributed by atoms with Gasteiger partial charge in [-0.3, -0.25) is 15.2 Å². The lowest BCUT2D eigenvalue weighted by Crippen LogP contribution is -2.14. The van der Waals surface area contributed by atoms with Gasteiger partial charge in [0.25, 0.3) is 5.69 Å². The third-order valence-electron chi connectivity index (χ3n) is 2.32. The fourth-order valence-corrected chi connectivity index (χ4v) is 1.84. The van der Waals surface area contributed by atoms with Crippen LogP contribution in [0.2, 0.25) is 0 Å². The molecule has 2 aromatic rings. The van der Waals surface area contributed by atoms with Gasteiger partial charge in [-0.2, -0.15) is 5.10 Å². The van der Waals surface area contributed by atoms with Crippen LogP contribution < -0.4 is 5.32 Å². The number of nitro groups is 1. The van der Waals surface area contributed by atoms with Crippen LogP contribution in [0.4, 0.5) is 5.69 Å². The molecule has 0 aliphatic carbocycles. The van der Waals surface area contributed by atoms with E-state index < -0.39 is 4.92 Å². The Labute approximate surface area is 111 Å². The van der Waals surface area contributed by atoms with Gasteiger partial charge in [0.1, 0.15) is 12.2 Å². The Bertz CT molecular complexity index is 543. The monoisotopic (exact) mass is 311 g/mol. The van der Waals surface area contributed by atoms with Crippen LogP contribution >= 0.6 is 15.9 Å². The van der Waals surface area contributed by atoms with Crippen LogP contribution in [0.15, 0.2) is 29.0 Å². The molecule has 1 heterocycles. The highest BCUT2D eigenvalue weighted by Crippen LogP contribution is 2.23. The quantitative estimate of drug-likeness (QED) is 0.648. The Hall–Kier alpha value is -1.80. The fraction of sp³-hybridized carbons (Fsp3) is 0.200. The summed E-state index contributed by atoms with van der Waals surface area (Å²) >= 11 is 3.22. The van der Waals surface area contributed by atoms with E-state index in [2.05, 4.69) is 36.4 Å².